The Morgan fingerprint density at radius 3 is 2.83 bits per heavy atom. The lowest BCUT2D eigenvalue weighted by atomic mass is 9.92. The second kappa shape index (κ2) is 6.07. The largest absolute Gasteiger partial charge is 0.496 e. The highest BCUT2D eigenvalue weighted by atomic mass is 16.5. The number of amides is 1. The van der Waals surface area contributed by atoms with E-state index in [1.807, 2.05) is 6.92 Å². The van der Waals surface area contributed by atoms with Gasteiger partial charge in [0.15, 0.2) is 0 Å². The Bertz CT molecular complexity index is 639. The highest BCUT2D eigenvalue weighted by molar-refractivity contribution is 5.91. The smallest absolute Gasteiger partial charge is 0.230 e. The maximum absolute atomic E-state index is 13.1. The van der Waals surface area contributed by atoms with Crippen LogP contribution in [0, 0.1) is 6.92 Å². The molecule has 2 heterocycles. The van der Waals surface area contributed by atoms with Crippen LogP contribution in [0.1, 0.15) is 49.7 Å². The molecule has 0 spiro atoms. The van der Waals surface area contributed by atoms with Crippen molar-refractivity contribution in [2.45, 2.75) is 62.9 Å². The third-order valence-corrected chi connectivity index (χ3v) is 6.32. The van der Waals surface area contributed by atoms with Crippen molar-refractivity contribution in [2.24, 2.45) is 0 Å². The first-order valence-electron chi connectivity index (χ1n) is 9.34. The normalized spacial score (nSPS) is 28.2. The number of carbonyl (C=O) groups excluding carboxylic acids is 1. The van der Waals surface area contributed by atoms with Crippen molar-refractivity contribution in [2.75, 3.05) is 20.2 Å². The molecular formula is C20H28N2O2. The predicted molar refractivity (Wildman–Crippen MR) is 94.4 cm³/mol. The first-order chi connectivity index (χ1) is 11.6. The molecule has 2 atom stereocenters. The van der Waals surface area contributed by atoms with Crippen LogP contribution in [0.2, 0.25) is 0 Å². The van der Waals surface area contributed by atoms with Crippen molar-refractivity contribution in [3.63, 3.8) is 0 Å². The highest BCUT2D eigenvalue weighted by Crippen LogP contribution is 2.49. The van der Waals surface area contributed by atoms with E-state index < -0.39 is 0 Å². The van der Waals surface area contributed by atoms with Gasteiger partial charge in [-0.3, -0.25) is 9.69 Å². The zero-order valence-corrected chi connectivity index (χ0v) is 14.8. The fourth-order valence-corrected chi connectivity index (χ4v) is 4.61. The summed E-state index contributed by atoms with van der Waals surface area (Å²) in [6.45, 7) is 4.39. The first-order valence-corrected chi connectivity index (χ1v) is 9.34. The number of hydrogen-bond acceptors (Lipinski definition) is 3. The SMILES string of the molecule is COc1cc(C2(C(=O)N[C@@H]3CCN4CCCC[C@H]34)CC2)ccc1C. The Balaban J connectivity index is 1.50. The highest BCUT2D eigenvalue weighted by Gasteiger charge is 2.52. The van der Waals surface area contributed by atoms with Gasteiger partial charge in [-0.1, -0.05) is 18.6 Å². The van der Waals surface area contributed by atoms with E-state index in [0.29, 0.717) is 12.1 Å². The number of fused-ring (bicyclic) bond motifs is 1. The monoisotopic (exact) mass is 328 g/mol. The molecule has 0 aromatic heterocycles. The number of rotatable bonds is 4. The molecule has 130 valence electrons. The van der Waals surface area contributed by atoms with Crippen molar-refractivity contribution in [3.8, 4) is 5.75 Å². The van der Waals surface area contributed by atoms with Crippen LogP contribution in [-0.4, -0.2) is 43.1 Å². The van der Waals surface area contributed by atoms with E-state index in [0.717, 1.165) is 42.7 Å². The lowest BCUT2D eigenvalue weighted by molar-refractivity contribution is -0.124. The van der Waals surface area contributed by atoms with Crippen LogP contribution in [0.25, 0.3) is 0 Å². The van der Waals surface area contributed by atoms with Gasteiger partial charge in [-0.2, -0.15) is 0 Å². The first kappa shape index (κ1) is 15.9. The molecule has 1 saturated carbocycles. The van der Waals surface area contributed by atoms with E-state index in [9.17, 15) is 4.79 Å². The molecule has 3 aliphatic rings. The van der Waals surface area contributed by atoms with Crippen LogP contribution in [0.4, 0.5) is 0 Å². The molecular weight excluding hydrogens is 300 g/mol. The van der Waals surface area contributed by atoms with Crippen LogP contribution in [0.5, 0.6) is 5.75 Å². The van der Waals surface area contributed by atoms with Crippen molar-refractivity contribution < 1.29 is 9.53 Å². The van der Waals surface area contributed by atoms with Gasteiger partial charge in [0.05, 0.1) is 12.5 Å². The Morgan fingerprint density at radius 2 is 2.08 bits per heavy atom. The summed E-state index contributed by atoms with van der Waals surface area (Å²) in [7, 11) is 1.70. The summed E-state index contributed by atoms with van der Waals surface area (Å²) in [5.74, 6) is 1.11. The maximum atomic E-state index is 13.1. The molecule has 1 aromatic carbocycles. The zero-order chi connectivity index (χ0) is 16.7. The number of ether oxygens (including phenoxy) is 1. The second-order valence-electron chi connectivity index (χ2n) is 7.73. The summed E-state index contributed by atoms with van der Waals surface area (Å²) in [6, 6.07) is 7.13. The van der Waals surface area contributed by atoms with Gasteiger partial charge in [0.2, 0.25) is 5.91 Å². The van der Waals surface area contributed by atoms with Gasteiger partial charge in [0, 0.05) is 18.6 Å². The predicted octanol–water partition coefficient (Wildman–Crippen LogP) is 2.78. The molecule has 0 radical (unpaired) electrons. The van der Waals surface area contributed by atoms with Gasteiger partial charge in [0.1, 0.15) is 5.75 Å². The molecule has 0 unspecified atom stereocenters. The number of benzene rings is 1. The van der Waals surface area contributed by atoms with Crippen LogP contribution < -0.4 is 10.1 Å². The van der Waals surface area contributed by atoms with E-state index >= 15 is 0 Å². The van der Waals surface area contributed by atoms with Crippen LogP contribution in [0.3, 0.4) is 0 Å². The molecule has 3 fully saturated rings. The molecule has 4 rings (SSSR count). The maximum Gasteiger partial charge on any atom is 0.230 e. The summed E-state index contributed by atoms with van der Waals surface area (Å²) in [5, 5.41) is 3.41. The van der Waals surface area contributed by atoms with Crippen molar-refractivity contribution in [1.29, 1.82) is 0 Å². The number of hydrogen-bond donors (Lipinski definition) is 1. The summed E-state index contributed by atoms with van der Waals surface area (Å²) in [4.78, 5) is 15.6. The van der Waals surface area contributed by atoms with Gasteiger partial charge < -0.3 is 10.1 Å². The molecule has 1 aliphatic carbocycles. The molecule has 2 saturated heterocycles. The van der Waals surface area contributed by atoms with Crippen LogP contribution in [-0.2, 0) is 10.2 Å². The lowest BCUT2D eigenvalue weighted by Crippen LogP contribution is -2.49. The van der Waals surface area contributed by atoms with E-state index in [-0.39, 0.29) is 11.3 Å². The Kier molecular flexibility index (Phi) is 4.03. The number of aryl methyl sites for hydroxylation is 1. The molecule has 1 aromatic rings. The quantitative estimate of drug-likeness (QED) is 0.924. The standard InChI is InChI=1S/C20H28N2O2/c1-14-6-7-15(13-18(14)24-2)20(9-10-20)19(23)21-16-8-12-22-11-4-3-5-17(16)22/h6-7,13,16-17H,3-5,8-12H2,1-2H3,(H,21,23)/t16-,17-/m1/s1. The van der Waals surface area contributed by atoms with Crippen molar-refractivity contribution >= 4 is 5.91 Å². The van der Waals surface area contributed by atoms with Gasteiger partial charge in [-0.15, -0.1) is 0 Å². The number of piperidine rings is 1. The second-order valence-corrected chi connectivity index (χ2v) is 7.73. The fourth-order valence-electron chi connectivity index (χ4n) is 4.61. The number of nitrogens with one attached hydrogen (secondary N) is 1. The Labute approximate surface area is 144 Å². The molecule has 1 amide bonds. The van der Waals surface area contributed by atoms with Gasteiger partial charge >= 0.3 is 0 Å². The summed E-state index contributed by atoms with van der Waals surface area (Å²) < 4.78 is 5.45. The molecule has 1 N–H and O–H groups in total. The number of nitrogens with zero attached hydrogens (tertiary/aromatic N) is 1. The Hall–Kier alpha value is -1.55. The third-order valence-electron chi connectivity index (χ3n) is 6.32. The molecule has 0 bridgehead atoms. The number of carbonyl (C=O) groups is 1. The Morgan fingerprint density at radius 1 is 1.25 bits per heavy atom. The molecule has 2 aliphatic heterocycles. The zero-order valence-electron chi connectivity index (χ0n) is 14.8. The van der Waals surface area contributed by atoms with E-state index in [1.54, 1.807) is 7.11 Å². The van der Waals surface area contributed by atoms with E-state index in [1.165, 1.54) is 25.8 Å². The van der Waals surface area contributed by atoms with Crippen molar-refractivity contribution in [3.05, 3.63) is 29.3 Å². The van der Waals surface area contributed by atoms with Gasteiger partial charge in [-0.25, -0.2) is 0 Å². The topological polar surface area (TPSA) is 41.6 Å². The van der Waals surface area contributed by atoms with E-state index in [2.05, 4.69) is 28.4 Å². The summed E-state index contributed by atoms with van der Waals surface area (Å²) in [6.07, 6.45) is 6.84. The van der Waals surface area contributed by atoms with E-state index in [4.69, 9.17) is 4.74 Å². The molecule has 24 heavy (non-hydrogen) atoms. The molecule has 4 heteroatoms. The minimum Gasteiger partial charge on any atom is -0.496 e. The van der Waals surface area contributed by atoms with Gasteiger partial charge in [-0.05, 0) is 62.8 Å². The van der Waals surface area contributed by atoms with Crippen LogP contribution in [0.15, 0.2) is 18.2 Å². The number of methoxy groups -OCH3 is 1. The average Bonchev–Trinajstić information content (AvgIpc) is 3.32. The molecule has 4 nitrogen and oxygen atoms in total. The summed E-state index contributed by atoms with van der Waals surface area (Å²) >= 11 is 0. The van der Waals surface area contributed by atoms with Crippen LogP contribution >= 0.6 is 0 Å². The minimum atomic E-state index is -0.316. The lowest BCUT2D eigenvalue weighted by Gasteiger charge is -2.33. The third kappa shape index (κ3) is 2.61. The summed E-state index contributed by atoms with van der Waals surface area (Å²) in [5.41, 5.74) is 1.91. The van der Waals surface area contributed by atoms with Crippen molar-refractivity contribution in [1.82, 2.24) is 10.2 Å². The fraction of sp³-hybridized carbons (Fsp3) is 0.650. The average molecular weight is 328 g/mol. The van der Waals surface area contributed by atoms with Gasteiger partial charge in [0.25, 0.3) is 0 Å². The minimum absolute atomic E-state index is 0.228.